The highest BCUT2D eigenvalue weighted by atomic mass is 79.9. The lowest BCUT2D eigenvalue weighted by atomic mass is 10.0. The van der Waals surface area contributed by atoms with Gasteiger partial charge in [0.05, 0.1) is 4.90 Å². The maximum absolute atomic E-state index is 12.4. The minimum atomic E-state index is -3.46. The van der Waals surface area contributed by atoms with Crippen LogP contribution in [0.25, 0.3) is 0 Å². The van der Waals surface area contributed by atoms with E-state index in [4.69, 9.17) is 0 Å². The average Bonchev–Trinajstić information content (AvgIpc) is 2.31. The second-order valence-corrected chi connectivity index (χ2v) is 7.67. The Hall–Kier alpha value is -0.430. The van der Waals surface area contributed by atoms with Gasteiger partial charge in [0, 0.05) is 16.6 Å². The maximum Gasteiger partial charge on any atom is 0.241 e. The van der Waals surface area contributed by atoms with E-state index in [2.05, 4.69) is 32.9 Å². The Labute approximate surface area is 123 Å². The first-order chi connectivity index (χ1) is 8.88. The van der Waals surface area contributed by atoms with Gasteiger partial charge in [-0.2, -0.15) is 0 Å². The van der Waals surface area contributed by atoms with Crippen molar-refractivity contribution < 1.29 is 8.42 Å². The molecule has 0 aliphatic carbocycles. The molecule has 2 rings (SSSR count). The fraction of sp³-hybridized carbons (Fsp3) is 0.538. The number of hydrogen-bond acceptors (Lipinski definition) is 3. The Kier molecular flexibility index (Phi) is 4.66. The molecule has 0 amide bonds. The van der Waals surface area contributed by atoms with Gasteiger partial charge in [0.15, 0.2) is 0 Å². The second kappa shape index (κ2) is 5.91. The van der Waals surface area contributed by atoms with Crippen LogP contribution in [0.15, 0.2) is 27.6 Å². The van der Waals surface area contributed by atoms with E-state index in [1.54, 1.807) is 12.1 Å². The zero-order valence-electron chi connectivity index (χ0n) is 11.1. The summed E-state index contributed by atoms with van der Waals surface area (Å²) < 4.78 is 28.3. The number of sulfonamides is 1. The minimum Gasteiger partial charge on any atom is -0.314 e. The van der Waals surface area contributed by atoms with Crippen LogP contribution in [0.1, 0.15) is 25.3 Å². The smallest absolute Gasteiger partial charge is 0.241 e. The summed E-state index contributed by atoms with van der Waals surface area (Å²) in [6.45, 7) is 4.81. The standard InChI is InChI=1S/C13H19BrN2O2S/c1-9-3-4-12(14)13(7-9)19(17,18)16-11-5-6-15-10(2)8-11/h3-4,7,10-11,15-16H,5-6,8H2,1-2H3. The summed E-state index contributed by atoms with van der Waals surface area (Å²) in [5.74, 6) is 0. The molecule has 1 fully saturated rings. The lowest BCUT2D eigenvalue weighted by Gasteiger charge is -2.28. The lowest BCUT2D eigenvalue weighted by molar-refractivity contribution is 0.361. The van der Waals surface area contributed by atoms with Crippen molar-refractivity contribution in [3.05, 3.63) is 28.2 Å². The van der Waals surface area contributed by atoms with Crippen LogP contribution in [0.5, 0.6) is 0 Å². The number of benzene rings is 1. The van der Waals surface area contributed by atoms with Crippen molar-refractivity contribution >= 4 is 26.0 Å². The van der Waals surface area contributed by atoms with Crippen molar-refractivity contribution in [1.82, 2.24) is 10.0 Å². The molecule has 106 valence electrons. The molecule has 0 spiro atoms. The molecular weight excluding hydrogens is 328 g/mol. The van der Waals surface area contributed by atoms with E-state index in [1.807, 2.05) is 13.0 Å². The first-order valence-corrected chi connectivity index (χ1v) is 8.68. The maximum atomic E-state index is 12.4. The molecule has 1 saturated heterocycles. The van der Waals surface area contributed by atoms with E-state index in [1.165, 1.54) is 0 Å². The van der Waals surface area contributed by atoms with Gasteiger partial charge in [-0.15, -0.1) is 0 Å². The van der Waals surface area contributed by atoms with Gasteiger partial charge in [-0.1, -0.05) is 6.07 Å². The summed E-state index contributed by atoms with van der Waals surface area (Å²) in [4.78, 5) is 0.318. The number of nitrogens with one attached hydrogen (secondary N) is 2. The van der Waals surface area contributed by atoms with Crippen molar-refractivity contribution in [2.75, 3.05) is 6.54 Å². The molecule has 1 aromatic carbocycles. The third-order valence-electron chi connectivity index (χ3n) is 3.32. The molecule has 0 radical (unpaired) electrons. The fourth-order valence-corrected chi connectivity index (χ4v) is 4.67. The Bertz CT molecular complexity index is 560. The van der Waals surface area contributed by atoms with E-state index >= 15 is 0 Å². The number of piperidine rings is 1. The van der Waals surface area contributed by atoms with Gasteiger partial charge in [0.1, 0.15) is 0 Å². The van der Waals surface area contributed by atoms with Gasteiger partial charge in [-0.05, 0) is 66.9 Å². The monoisotopic (exact) mass is 346 g/mol. The van der Waals surface area contributed by atoms with Crippen molar-refractivity contribution in [3.63, 3.8) is 0 Å². The van der Waals surface area contributed by atoms with Gasteiger partial charge in [-0.25, -0.2) is 13.1 Å². The van der Waals surface area contributed by atoms with E-state index in [0.29, 0.717) is 15.4 Å². The highest BCUT2D eigenvalue weighted by Gasteiger charge is 2.25. The van der Waals surface area contributed by atoms with Crippen molar-refractivity contribution in [2.24, 2.45) is 0 Å². The first kappa shape index (κ1) is 15.0. The summed E-state index contributed by atoms with van der Waals surface area (Å²) in [7, 11) is -3.46. The lowest BCUT2D eigenvalue weighted by Crippen LogP contribution is -2.46. The molecule has 0 bridgehead atoms. The highest BCUT2D eigenvalue weighted by Crippen LogP contribution is 2.24. The molecule has 1 heterocycles. The van der Waals surface area contributed by atoms with Crippen LogP contribution in [0, 0.1) is 6.92 Å². The summed E-state index contributed by atoms with van der Waals surface area (Å²) >= 11 is 3.31. The van der Waals surface area contributed by atoms with Crippen LogP contribution in [-0.2, 0) is 10.0 Å². The molecule has 1 aliphatic rings. The number of halogens is 1. The van der Waals surface area contributed by atoms with Crippen LogP contribution >= 0.6 is 15.9 Å². The van der Waals surface area contributed by atoms with Gasteiger partial charge in [0.2, 0.25) is 10.0 Å². The van der Waals surface area contributed by atoms with Crippen molar-refractivity contribution in [1.29, 1.82) is 0 Å². The molecule has 6 heteroatoms. The van der Waals surface area contributed by atoms with E-state index in [-0.39, 0.29) is 6.04 Å². The molecule has 1 aliphatic heterocycles. The molecule has 1 aromatic rings. The first-order valence-electron chi connectivity index (χ1n) is 6.40. The topological polar surface area (TPSA) is 58.2 Å². The van der Waals surface area contributed by atoms with Crippen LogP contribution in [0.3, 0.4) is 0 Å². The van der Waals surface area contributed by atoms with Crippen molar-refractivity contribution in [3.8, 4) is 0 Å². The van der Waals surface area contributed by atoms with Gasteiger partial charge >= 0.3 is 0 Å². The Balaban J connectivity index is 2.20. The fourth-order valence-electron chi connectivity index (χ4n) is 2.34. The van der Waals surface area contributed by atoms with E-state index in [9.17, 15) is 8.42 Å². The SMILES string of the molecule is Cc1ccc(Br)c(S(=O)(=O)NC2CCNC(C)C2)c1. The predicted octanol–water partition coefficient (Wildman–Crippen LogP) is 2.18. The molecule has 0 saturated carbocycles. The minimum absolute atomic E-state index is 0.00802. The summed E-state index contributed by atoms with van der Waals surface area (Å²) in [6, 6.07) is 5.71. The zero-order valence-corrected chi connectivity index (χ0v) is 13.5. The van der Waals surface area contributed by atoms with Crippen molar-refractivity contribution in [2.45, 2.75) is 43.7 Å². The zero-order chi connectivity index (χ0) is 14.0. The molecule has 2 N–H and O–H groups in total. The molecule has 2 unspecified atom stereocenters. The number of hydrogen-bond donors (Lipinski definition) is 2. The third kappa shape index (κ3) is 3.78. The van der Waals surface area contributed by atoms with Gasteiger partial charge < -0.3 is 5.32 Å². The number of aryl methyl sites for hydroxylation is 1. The molecule has 19 heavy (non-hydrogen) atoms. The van der Waals surface area contributed by atoms with E-state index < -0.39 is 10.0 Å². The molecule has 2 atom stereocenters. The van der Waals surface area contributed by atoms with Gasteiger partial charge in [0.25, 0.3) is 0 Å². The Morgan fingerprint density at radius 3 is 2.84 bits per heavy atom. The van der Waals surface area contributed by atoms with Gasteiger partial charge in [-0.3, -0.25) is 0 Å². The largest absolute Gasteiger partial charge is 0.314 e. The molecule has 0 aromatic heterocycles. The van der Waals surface area contributed by atoms with Crippen LogP contribution < -0.4 is 10.0 Å². The second-order valence-electron chi connectivity index (χ2n) is 5.13. The average molecular weight is 347 g/mol. The van der Waals surface area contributed by atoms with Crippen LogP contribution in [0.2, 0.25) is 0 Å². The quantitative estimate of drug-likeness (QED) is 0.881. The van der Waals surface area contributed by atoms with Crippen LogP contribution in [-0.4, -0.2) is 27.0 Å². The highest BCUT2D eigenvalue weighted by molar-refractivity contribution is 9.10. The third-order valence-corrected chi connectivity index (χ3v) is 5.84. The predicted molar refractivity (Wildman–Crippen MR) is 79.7 cm³/mol. The Morgan fingerprint density at radius 2 is 2.16 bits per heavy atom. The van der Waals surface area contributed by atoms with E-state index in [0.717, 1.165) is 24.9 Å². The number of rotatable bonds is 3. The van der Waals surface area contributed by atoms with Crippen LogP contribution in [0.4, 0.5) is 0 Å². The molecule has 4 nitrogen and oxygen atoms in total. The normalized spacial score (nSPS) is 24.4. The summed E-state index contributed by atoms with van der Waals surface area (Å²) in [6.07, 6.45) is 1.65. The Morgan fingerprint density at radius 1 is 1.42 bits per heavy atom. The summed E-state index contributed by atoms with van der Waals surface area (Å²) in [5.41, 5.74) is 0.933. The summed E-state index contributed by atoms with van der Waals surface area (Å²) in [5, 5.41) is 3.31. The molecular formula is C13H19BrN2O2S.